The Balaban J connectivity index is 1.48. The highest BCUT2D eigenvalue weighted by molar-refractivity contribution is 7.08. The summed E-state index contributed by atoms with van der Waals surface area (Å²) in [5.41, 5.74) is 0.654. The predicted octanol–water partition coefficient (Wildman–Crippen LogP) is 0.280. The van der Waals surface area contributed by atoms with E-state index in [0.717, 1.165) is 39.1 Å². The second-order valence-electron chi connectivity index (χ2n) is 5.31. The van der Waals surface area contributed by atoms with Crippen molar-refractivity contribution in [3.05, 3.63) is 22.4 Å². The Morgan fingerprint density at radius 2 is 2.05 bits per heavy atom. The van der Waals surface area contributed by atoms with Crippen LogP contribution in [-0.2, 0) is 4.79 Å². The minimum atomic E-state index is -0.118. The van der Waals surface area contributed by atoms with Crippen LogP contribution in [0.4, 0.5) is 0 Å². The lowest BCUT2D eigenvalue weighted by atomic mass is 10.3. The van der Waals surface area contributed by atoms with Crippen LogP contribution in [0.25, 0.3) is 0 Å². The molecule has 0 unspecified atom stereocenters. The van der Waals surface area contributed by atoms with Gasteiger partial charge in [0.25, 0.3) is 5.91 Å². The fourth-order valence-corrected chi connectivity index (χ4v) is 2.97. The van der Waals surface area contributed by atoms with E-state index in [9.17, 15) is 9.59 Å². The second kappa shape index (κ2) is 9.55. The molecule has 3 N–H and O–H groups in total. The molecule has 0 aliphatic carbocycles. The third kappa shape index (κ3) is 6.13. The van der Waals surface area contributed by atoms with Gasteiger partial charge in [-0.2, -0.15) is 11.3 Å². The van der Waals surface area contributed by atoms with Crippen molar-refractivity contribution in [3.63, 3.8) is 0 Å². The van der Waals surface area contributed by atoms with Crippen LogP contribution in [0.1, 0.15) is 23.2 Å². The number of hydrogen-bond acceptors (Lipinski definition) is 5. The standard InChI is InChI=1S/C15H24N4O2S/c20-14(2-5-18-15(21)13-3-11-22-12-13)17-4-1-8-19-9-6-16-7-10-19/h3,11-12,16H,1-2,4-10H2,(H,17,20)(H,18,21). The van der Waals surface area contributed by atoms with Gasteiger partial charge in [-0.15, -0.1) is 0 Å². The van der Waals surface area contributed by atoms with Crippen LogP contribution in [0.3, 0.4) is 0 Å². The van der Waals surface area contributed by atoms with Crippen molar-refractivity contribution in [2.24, 2.45) is 0 Å². The monoisotopic (exact) mass is 324 g/mol. The van der Waals surface area contributed by atoms with Gasteiger partial charge < -0.3 is 20.9 Å². The lowest BCUT2D eigenvalue weighted by Crippen LogP contribution is -2.44. The molecule has 7 heteroatoms. The predicted molar refractivity (Wildman–Crippen MR) is 88.2 cm³/mol. The lowest BCUT2D eigenvalue weighted by molar-refractivity contribution is -0.120. The van der Waals surface area contributed by atoms with E-state index in [1.54, 1.807) is 11.4 Å². The van der Waals surface area contributed by atoms with Crippen LogP contribution in [0.2, 0.25) is 0 Å². The van der Waals surface area contributed by atoms with E-state index in [1.807, 2.05) is 5.38 Å². The number of nitrogens with one attached hydrogen (secondary N) is 3. The number of carbonyl (C=O) groups excluding carboxylic acids is 2. The number of rotatable bonds is 8. The highest BCUT2D eigenvalue weighted by Gasteiger charge is 2.09. The van der Waals surface area contributed by atoms with Gasteiger partial charge in [0.15, 0.2) is 0 Å². The van der Waals surface area contributed by atoms with E-state index in [4.69, 9.17) is 0 Å². The molecule has 0 bridgehead atoms. The van der Waals surface area contributed by atoms with Crippen molar-refractivity contribution < 1.29 is 9.59 Å². The van der Waals surface area contributed by atoms with Crippen LogP contribution < -0.4 is 16.0 Å². The topological polar surface area (TPSA) is 73.5 Å². The zero-order valence-electron chi connectivity index (χ0n) is 12.8. The molecule has 2 heterocycles. The van der Waals surface area contributed by atoms with Crippen molar-refractivity contribution in [1.82, 2.24) is 20.9 Å². The number of thiophene rings is 1. The first-order chi connectivity index (χ1) is 10.8. The highest BCUT2D eigenvalue weighted by Crippen LogP contribution is 2.05. The molecule has 0 spiro atoms. The van der Waals surface area contributed by atoms with Crippen LogP contribution in [0, 0.1) is 0 Å². The van der Waals surface area contributed by atoms with Gasteiger partial charge in [0.1, 0.15) is 0 Å². The summed E-state index contributed by atoms with van der Waals surface area (Å²) in [6, 6.07) is 1.77. The maximum Gasteiger partial charge on any atom is 0.252 e. The molecule has 1 aliphatic heterocycles. The van der Waals surface area contributed by atoms with E-state index < -0.39 is 0 Å². The van der Waals surface area contributed by atoms with Crippen molar-refractivity contribution in [1.29, 1.82) is 0 Å². The minimum Gasteiger partial charge on any atom is -0.356 e. The average molecular weight is 324 g/mol. The zero-order valence-corrected chi connectivity index (χ0v) is 13.6. The maximum absolute atomic E-state index is 11.7. The summed E-state index contributed by atoms with van der Waals surface area (Å²) in [5, 5.41) is 12.6. The summed E-state index contributed by atoms with van der Waals surface area (Å²) in [7, 11) is 0. The number of hydrogen-bond donors (Lipinski definition) is 3. The normalized spacial score (nSPS) is 15.5. The molecule has 22 heavy (non-hydrogen) atoms. The lowest BCUT2D eigenvalue weighted by Gasteiger charge is -2.27. The first-order valence-corrected chi connectivity index (χ1v) is 8.70. The summed E-state index contributed by atoms with van der Waals surface area (Å²) < 4.78 is 0. The summed E-state index contributed by atoms with van der Waals surface area (Å²) in [6.07, 6.45) is 1.29. The SMILES string of the molecule is O=C(CCNC(=O)c1ccsc1)NCCCN1CCNCC1. The Labute approximate surface area is 135 Å². The van der Waals surface area contributed by atoms with Gasteiger partial charge in [-0.05, 0) is 24.4 Å². The van der Waals surface area contributed by atoms with Crippen LogP contribution in [-0.4, -0.2) is 62.5 Å². The van der Waals surface area contributed by atoms with E-state index in [2.05, 4.69) is 20.9 Å². The van der Waals surface area contributed by atoms with Crippen molar-refractivity contribution in [2.45, 2.75) is 12.8 Å². The van der Waals surface area contributed by atoms with Gasteiger partial charge in [-0.1, -0.05) is 0 Å². The van der Waals surface area contributed by atoms with Gasteiger partial charge in [-0.25, -0.2) is 0 Å². The molecule has 0 atom stereocenters. The molecule has 0 aromatic carbocycles. The fraction of sp³-hybridized carbons (Fsp3) is 0.600. The molecule has 2 rings (SSSR count). The van der Waals surface area contributed by atoms with E-state index in [-0.39, 0.29) is 11.8 Å². The molecule has 2 amide bonds. The number of piperazine rings is 1. The fourth-order valence-electron chi connectivity index (χ4n) is 2.34. The molecule has 1 aromatic rings. The van der Waals surface area contributed by atoms with Crippen LogP contribution >= 0.6 is 11.3 Å². The highest BCUT2D eigenvalue weighted by atomic mass is 32.1. The molecule has 0 radical (unpaired) electrons. The summed E-state index contributed by atoms with van der Waals surface area (Å²) in [6.45, 7) is 6.37. The molecule has 1 saturated heterocycles. The van der Waals surface area contributed by atoms with Crippen molar-refractivity contribution in [2.75, 3.05) is 45.8 Å². The first-order valence-electron chi connectivity index (χ1n) is 7.76. The number of carbonyl (C=O) groups is 2. The average Bonchev–Trinajstić information content (AvgIpc) is 3.07. The summed E-state index contributed by atoms with van der Waals surface area (Å²) in [4.78, 5) is 25.8. The van der Waals surface area contributed by atoms with Gasteiger partial charge in [-0.3, -0.25) is 9.59 Å². The van der Waals surface area contributed by atoms with E-state index in [0.29, 0.717) is 25.1 Å². The summed E-state index contributed by atoms with van der Waals surface area (Å²) >= 11 is 1.48. The molecule has 1 fully saturated rings. The Bertz CT molecular complexity index is 458. The molecular weight excluding hydrogens is 300 g/mol. The van der Waals surface area contributed by atoms with Gasteiger partial charge in [0.05, 0.1) is 0 Å². The number of nitrogens with zero attached hydrogens (tertiary/aromatic N) is 1. The van der Waals surface area contributed by atoms with E-state index in [1.165, 1.54) is 11.3 Å². The molecule has 1 aliphatic rings. The molecule has 6 nitrogen and oxygen atoms in total. The molecular formula is C15H24N4O2S. The van der Waals surface area contributed by atoms with Gasteiger partial charge >= 0.3 is 0 Å². The third-order valence-corrected chi connectivity index (χ3v) is 4.29. The largest absolute Gasteiger partial charge is 0.356 e. The van der Waals surface area contributed by atoms with Gasteiger partial charge in [0.2, 0.25) is 5.91 Å². The van der Waals surface area contributed by atoms with Crippen molar-refractivity contribution in [3.8, 4) is 0 Å². The summed E-state index contributed by atoms with van der Waals surface area (Å²) in [5.74, 6) is -0.126. The van der Waals surface area contributed by atoms with Crippen molar-refractivity contribution >= 4 is 23.2 Å². The molecule has 122 valence electrons. The van der Waals surface area contributed by atoms with Gasteiger partial charge in [0, 0.05) is 56.6 Å². The number of amides is 2. The van der Waals surface area contributed by atoms with Crippen LogP contribution in [0.5, 0.6) is 0 Å². The maximum atomic E-state index is 11.7. The Morgan fingerprint density at radius 3 is 2.77 bits per heavy atom. The molecule has 0 saturated carbocycles. The van der Waals surface area contributed by atoms with E-state index >= 15 is 0 Å². The Hall–Kier alpha value is -1.44. The third-order valence-electron chi connectivity index (χ3n) is 3.60. The smallest absolute Gasteiger partial charge is 0.252 e. The minimum absolute atomic E-state index is 0.00840. The first kappa shape index (κ1) is 16.9. The Kier molecular flexibility index (Phi) is 7.35. The molecule has 1 aromatic heterocycles. The zero-order chi connectivity index (χ0) is 15.6. The second-order valence-corrected chi connectivity index (χ2v) is 6.09. The Morgan fingerprint density at radius 1 is 1.23 bits per heavy atom. The quantitative estimate of drug-likeness (QED) is 0.601. The van der Waals surface area contributed by atoms with Crippen LogP contribution in [0.15, 0.2) is 16.8 Å².